The van der Waals surface area contributed by atoms with Gasteiger partial charge in [-0.3, -0.25) is 9.59 Å². The molecule has 0 aliphatic heterocycles. The highest BCUT2D eigenvalue weighted by molar-refractivity contribution is 9.10. The van der Waals surface area contributed by atoms with Crippen molar-refractivity contribution in [1.29, 1.82) is 0 Å². The number of benzene rings is 2. The summed E-state index contributed by atoms with van der Waals surface area (Å²) >= 11 is 3.44. The van der Waals surface area contributed by atoms with Crippen molar-refractivity contribution in [2.75, 3.05) is 11.9 Å². The van der Waals surface area contributed by atoms with Crippen LogP contribution >= 0.6 is 15.9 Å². The Morgan fingerprint density at radius 2 is 1.69 bits per heavy atom. The van der Waals surface area contributed by atoms with Crippen molar-refractivity contribution in [3.63, 3.8) is 0 Å². The molecule has 170 valence electrons. The lowest BCUT2D eigenvalue weighted by Crippen LogP contribution is -2.34. The Morgan fingerprint density at radius 1 is 1.00 bits per heavy atom. The van der Waals surface area contributed by atoms with E-state index in [-0.39, 0.29) is 31.3 Å². The Bertz CT molecular complexity index is 983. The summed E-state index contributed by atoms with van der Waals surface area (Å²) in [6.45, 7) is 5.72. The van der Waals surface area contributed by atoms with Crippen molar-refractivity contribution in [2.45, 2.75) is 39.3 Å². The van der Waals surface area contributed by atoms with Crippen LogP contribution in [0.1, 0.15) is 38.3 Å². The molecule has 0 aromatic heterocycles. The minimum Gasteiger partial charge on any atom is -0.444 e. The summed E-state index contributed by atoms with van der Waals surface area (Å²) in [5.41, 5.74) is 1.67. The third-order valence-electron chi connectivity index (χ3n) is 4.08. The summed E-state index contributed by atoms with van der Waals surface area (Å²) in [6, 6.07) is 14.8. The summed E-state index contributed by atoms with van der Waals surface area (Å²) in [5.74, 6) is -0.503. The molecule has 2 aromatic rings. The van der Waals surface area contributed by atoms with Gasteiger partial charge in [-0.1, -0.05) is 52.3 Å². The minimum atomic E-state index is -0.595. The Morgan fingerprint density at radius 3 is 2.41 bits per heavy atom. The van der Waals surface area contributed by atoms with Gasteiger partial charge in [-0.2, -0.15) is 0 Å². The van der Waals surface area contributed by atoms with E-state index in [1.165, 1.54) is 6.08 Å². The molecule has 0 saturated heterocycles. The van der Waals surface area contributed by atoms with Crippen molar-refractivity contribution in [3.05, 3.63) is 70.2 Å². The smallest absolute Gasteiger partial charge is 0.407 e. The molecule has 0 saturated carbocycles. The van der Waals surface area contributed by atoms with E-state index in [2.05, 4.69) is 31.9 Å². The molecule has 0 heterocycles. The molecule has 0 fully saturated rings. The number of anilines is 1. The first-order valence-corrected chi connectivity index (χ1v) is 11.0. The lowest BCUT2D eigenvalue weighted by molar-refractivity contribution is -0.117. The molecule has 0 radical (unpaired) electrons. The summed E-state index contributed by atoms with van der Waals surface area (Å²) in [4.78, 5) is 36.1. The SMILES string of the molecule is CC(C)(C)OC(=O)NCCC(=O)Nc1ccccc1CNC(=O)/C=C/c1ccccc1Br. The van der Waals surface area contributed by atoms with Gasteiger partial charge in [-0.25, -0.2) is 4.79 Å². The van der Waals surface area contributed by atoms with Crippen molar-refractivity contribution in [2.24, 2.45) is 0 Å². The monoisotopic (exact) mass is 501 g/mol. The topological polar surface area (TPSA) is 96.5 Å². The quantitative estimate of drug-likeness (QED) is 0.459. The maximum Gasteiger partial charge on any atom is 0.407 e. The van der Waals surface area contributed by atoms with Gasteiger partial charge >= 0.3 is 6.09 Å². The van der Waals surface area contributed by atoms with E-state index >= 15 is 0 Å². The Hall–Kier alpha value is -3.13. The number of halogens is 1. The van der Waals surface area contributed by atoms with Crippen LogP contribution in [0.3, 0.4) is 0 Å². The molecule has 3 amide bonds. The van der Waals surface area contributed by atoms with Crippen molar-refractivity contribution in [1.82, 2.24) is 10.6 Å². The largest absolute Gasteiger partial charge is 0.444 e. The molecule has 8 heteroatoms. The number of nitrogens with one attached hydrogen (secondary N) is 3. The number of hydrogen-bond donors (Lipinski definition) is 3. The van der Waals surface area contributed by atoms with Gasteiger partial charge in [0, 0.05) is 35.7 Å². The van der Waals surface area contributed by atoms with Crippen LogP contribution in [-0.2, 0) is 20.9 Å². The van der Waals surface area contributed by atoms with Gasteiger partial charge < -0.3 is 20.7 Å². The molecule has 0 atom stereocenters. The average molecular weight is 502 g/mol. The molecule has 0 bridgehead atoms. The summed E-state index contributed by atoms with van der Waals surface area (Å²) < 4.78 is 6.04. The summed E-state index contributed by atoms with van der Waals surface area (Å²) in [5, 5.41) is 8.18. The highest BCUT2D eigenvalue weighted by Crippen LogP contribution is 2.17. The van der Waals surface area contributed by atoms with Gasteiger partial charge in [0.25, 0.3) is 0 Å². The van der Waals surface area contributed by atoms with Gasteiger partial charge in [-0.05, 0) is 50.1 Å². The summed E-state index contributed by atoms with van der Waals surface area (Å²) in [7, 11) is 0. The number of hydrogen-bond acceptors (Lipinski definition) is 4. The second-order valence-corrected chi connectivity index (χ2v) is 8.81. The maximum absolute atomic E-state index is 12.3. The average Bonchev–Trinajstić information content (AvgIpc) is 2.71. The van der Waals surface area contributed by atoms with Crippen LogP contribution in [0.4, 0.5) is 10.5 Å². The first kappa shape index (κ1) is 25.1. The predicted molar refractivity (Wildman–Crippen MR) is 129 cm³/mol. The fourth-order valence-corrected chi connectivity index (χ4v) is 3.04. The van der Waals surface area contributed by atoms with Crippen molar-refractivity contribution < 1.29 is 19.1 Å². The van der Waals surface area contributed by atoms with E-state index in [0.717, 1.165) is 15.6 Å². The zero-order valence-electron chi connectivity index (χ0n) is 18.4. The third-order valence-corrected chi connectivity index (χ3v) is 4.81. The number of ether oxygens (including phenoxy) is 1. The second kappa shape index (κ2) is 12.0. The fraction of sp³-hybridized carbons (Fsp3) is 0.292. The molecule has 3 N–H and O–H groups in total. The Labute approximate surface area is 196 Å². The molecule has 32 heavy (non-hydrogen) atoms. The Balaban J connectivity index is 1.84. The number of para-hydroxylation sites is 1. The van der Waals surface area contributed by atoms with Crippen molar-refractivity contribution >= 4 is 45.6 Å². The van der Waals surface area contributed by atoms with Crippen LogP contribution in [0.25, 0.3) is 6.08 Å². The van der Waals surface area contributed by atoms with Crippen molar-refractivity contribution in [3.8, 4) is 0 Å². The lowest BCUT2D eigenvalue weighted by Gasteiger charge is -2.19. The van der Waals surface area contributed by atoms with Gasteiger partial charge in [0.1, 0.15) is 5.60 Å². The molecule has 7 nitrogen and oxygen atoms in total. The third kappa shape index (κ3) is 9.34. The normalized spacial score (nSPS) is 11.1. The molecule has 0 spiro atoms. The van der Waals surface area contributed by atoms with Crippen LogP contribution < -0.4 is 16.0 Å². The van der Waals surface area contributed by atoms with Crippen LogP contribution in [0.15, 0.2) is 59.1 Å². The second-order valence-electron chi connectivity index (χ2n) is 7.96. The number of amides is 3. The number of alkyl carbamates (subject to hydrolysis) is 1. The number of carbonyl (C=O) groups is 3. The van der Waals surface area contributed by atoms with E-state index in [4.69, 9.17) is 4.74 Å². The molecule has 2 aromatic carbocycles. The first-order chi connectivity index (χ1) is 15.1. The van der Waals surface area contributed by atoms with Gasteiger partial charge in [-0.15, -0.1) is 0 Å². The molecule has 0 aliphatic rings. The fourth-order valence-electron chi connectivity index (χ4n) is 2.62. The van der Waals surface area contributed by atoms with E-state index in [1.807, 2.05) is 36.4 Å². The van der Waals surface area contributed by atoms with E-state index in [9.17, 15) is 14.4 Å². The van der Waals surface area contributed by atoms with Crippen LogP contribution in [0, 0.1) is 0 Å². The molecular weight excluding hydrogens is 474 g/mol. The lowest BCUT2D eigenvalue weighted by atomic mass is 10.1. The van der Waals surface area contributed by atoms with E-state index in [0.29, 0.717) is 5.69 Å². The van der Waals surface area contributed by atoms with Crippen LogP contribution in [-0.4, -0.2) is 30.1 Å². The standard InChI is InChI=1S/C24H28BrN3O4/c1-24(2,3)32-23(31)26-15-14-22(30)28-20-11-7-5-9-18(20)16-27-21(29)13-12-17-8-4-6-10-19(17)25/h4-13H,14-16H2,1-3H3,(H,26,31)(H,27,29)(H,28,30)/b13-12+. The number of rotatable bonds is 8. The molecule has 0 aliphatic carbocycles. The highest BCUT2D eigenvalue weighted by atomic mass is 79.9. The zero-order chi connectivity index (χ0) is 23.6. The van der Waals surface area contributed by atoms with Crippen LogP contribution in [0.5, 0.6) is 0 Å². The maximum atomic E-state index is 12.3. The number of carbonyl (C=O) groups excluding carboxylic acids is 3. The predicted octanol–water partition coefficient (Wildman–Crippen LogP) is 4.63. The van der Waals surface area contributed by atoms with E-state index < -0.39 is 11.7 Å². The Kier molecular flexibility index (Phi) is 9.46. The van der Waals surface area contributed by atoms with Gasteiger partial charge in [0.15, 0.2) is 0 Å². The first-order valence-electron chi connectivity index (χ1n) is 10.2. The molecular formula is C24H28BrN3O4. The minimum absolute atomic E-state index is 0.0919. The zero-order valence-corrected chi connectivity index (χ0v) is 20.0. The molecule has 0 unspecified atom stereocenters. The highest BCUT2D eigenvalue weighted by Gasteiger charge is 2.16. The van der Waals surface area contributed by atoms with Gasteiger partial charge in [0.05, 0.1) is 0 Å². The molecule has 2 rings (SSSR count). The summed E-state index contributed by atoms with van der Waals surface area (Å²) in [6.07, 6.45) is 2.72. The van der Waals surface area contributed by atoms with E-state index in [1.54, 1.807) is 39.0 Å². The van der Waals surface area contributed by atoms with Crippen LogP contribution in [0.2, 0.25) is 0 Å². The van der Waals surface area contributed by atoms with Gasteiger partial charge in [0.2, 0.25) is 11.8 Å².